The Morgan fingerprint density at radius 1 is 1.15 bits per heavy atom. The molecule has 0 aromatic heterocycles. The molecule has 1 atom stereocenters. The summed E-state index contributed by atoms with van der Waals surface area (Å²) in [6.07, 6.45) is 0.225. The maximum Gasteiger partial charge on any atom is 0.322 e. The van der Waals surface area contributed by atoms with Crippen LogP contribution in [0.15, 0.2) is 78.0 Å². The molecular weight excluding hydrogens is 445 g/mol. The molecule has 6 nitrogen and oxygen atoms in total. The van der Waals surface area contributed by atoms with Gasteiger partial charge in [0.1, 0.15) is 11.6 Å². The summed E-state index contributed by atoms with van der Waals surface area (Å²) in [6, 6.07) is 20.3. The lowest BCUT2D eigenvalue weighted by Crippen LogP contribution is -2.40. The Hall–Kier alpha value is -3.58. The SMILES string of the molecule is COc1ccccc1NC(=O)N(Cc1ccc(F)cc1)CC1CC(c2ccc(Cl)cc2)=NO1. The van der Waals surface area contributed by atoms with Gasteiger partial charge in [-0.05, 0) is 47.5 Å². The van der Waals surface area contributed by atoms with Gasteiger partial charge in [-0.1, -0.05) is 53.2 Å². The van der Waals surface area contributed by atoms with Crippen LogP contribution < -0.4 is 10.1 Å². The van der Waals surface area contributed by atoms with Crippen molar-refractivity contribution in [1.29, 1.82) is 0 Å². The predicted molar refractivity (Wildman–Crippen MR) is 126 cm³/mol. The summed E-state index contributed by atoms with van der Waals surface area (Å²) in [7, 11) is 1.54. The average molecular weight is 468 g/mol. The lowest BCUT2D eigenvalue weighted by molar-refractivity contribution is 0.0608. The minimum Gasteiger partial charge on any atom is -0.495 e. The molecule has 2 amide bonds. The number of halogens is 2. The summed E-state index contributed by atoms with van der Waals surface area (Å²) in [4.78, 5) is 20.5. The first-order chi connectivity index (χ1) is 16.0. The van der Waals surface area contributed by atoms with Gasteiger partial charge in [0.15, 0.2) is 6.10 Å². The lowest BCUT2D eigenvalue weighted by Gasteiger charge is -2.25. The minimum atomic E-state index is -0.330. The normalized spacial score (nSPS) is 14.9. The van der Waals surface area contributed by atoms with Gasteiger partial charge in [0.25, 0.3) is 0 Å². The number of nitrogens with zero attached hydrogens (tertiary/aromatic N) is 2. The molecule has 0 aliphatic carbocycles. The van der Waals surface area contributed by atoms with E-state index in [1.165, 1.54) is 12.1 Å². The Balaban J connectivity index is 1.48. The van der Waals surface area contributed by atoms with Crippen LogP contribution in [0.25, 0.3) is 0 Å². The Morgan fingerprint density at radius 2 is 1.88 bits per heavy atom. The van der Waals surface area contributed by atoms with Crippen LogP contribution in [0, 0.1) is 5.82 Å². The lowest BCUT2D eigenvalue weighted by atomic mass is 10.0. The molecule has 170 valence electrons. The number of carbonyl (C=O) groups excluding carboxylic acids is 1. The van der Waals surface area contributed by atoms with Gasteiger partial charge in [0.05, 0.1) is 25.1 Å². The Labute approximate surface area is 196 Å². The fourth-order valence-corrected chi connectivity index (χ4v) is 3.68. The highest BCUT2D eigenvalue weighted by atomic mass is 35.5. The van der Waals surface area contributed by atoms with E-state index in [9.17, 15) is 9.18 Å². The number of ether oxygens (including phenoxy) is 1. The van der Waals surface area contributed by atoms with Crippen molar-refractivity contribution in [2.45, 2.75) is 19.1 Å². The second kappa shape index (κ2) is 10.4. The van der Waals surface area contributed by atoms with Crippen LogP contribution in [0.4, 0.5) is 14.9 Å². The zero-order chi connectivity index (χ0) is 23.2. The van der Waals surface area contributed by atoms with E-state index in [-0.39, 0.29) is 24.5 Å². The second-order valence-corrected chi connectivity index (χ2v) is 8.05. The molecule has 0 radical (unpaired) electrons. The molecular formula is C25H23ClFN3O3. The number of methoxy groups -OCH3 is 1. The quantitative estimate of drug-likeness (QED) is 0.483. The van der Waals surface area contributed by atoms with Crippen molar-refractivity contribution in [3.8, 4) is 5.75 Å². The molecule has 0 spiro atoms. The number of rotatable bonds is 7. The van der Waals surface area contributed by atoms with Crippen molar-refractivity contribution < 1.29 is 18.8 Å². The fourth-order valence-electron chi connectivity index (χ4n) is 3.56. The summed E-state index contributed by atoms with van der Waals surface area (Å²) in [6.45, 7) is 0.566. The van der Waals surface area contributed by atoms with Gasteiger partial charge < -0.3 is 19.8 Å². The first kappa shape index (κ1) is 22.6. The number of carbonyl (C=O) groups is 1. The number of para-hydroxylation sites is 2. The smallest absolute Gasteiger partial charge is 0.322 e. The molecule has 0 saturated heterocycles. The molecule has 1 heterocycles. The zero-order valence-corrected chi connectivity index (χ0v) is 18.8. The standard InChI is InChI=1S/C25H23ClFN3O3/c1-32-24-5-3-2-4-22(24)28-25(31)30(15-17-6-12-20(27)13-7-17)16-21-14-23(29-33-21)18-8-10-19(26)11-9-18/h2-13,21H,14-16H2,1H3,(H,28,31). The molecule has 1 unspecified atom stereocenters. The van der Waals surface area contributed by atoms with E-state index in [1.54, 1.807) is 48.4 Å². The largest absolute Gasteiger partial charge is 0.495 e. The summed E-state index contributed by atoms with van der Waals surface area (Å²) < 4.78 is 18.7. The molecule has 0 fully saturated rings. The van der Waals surface area contributed by atoms with Gasteiger partial charge in [-0.25, -0.2) is 9.18 Å². The van der Waals surface area contributed by atoms with Crippen molar-refractivity contribution in [2.75, 3.05) is 19.0 Å². The van der Waals surface area contributed by atoms with Crippen molar-refractivity contribution in [2.24, 2.45) is 5.16 Å². The van der Waals surface area contributed by atoms with E-state index in [4.69, 9.17) is 21.2 Å². The van der Waals surface area contributed by atoms with Crippen molar-refractivity contribution in [3.63, 3.8) is 0 Å². The third-order valence-electron chi connectivity index (χ3n) is 5.26. The van der Waals surface area contributed by atoms with Gasteiger partial charge in [-0.2, -0.15) is 0 Å². The molecule has 1 N–H and O–H groups in total. The van der Waals surface area contributed by atoms with Gasteiger partial charge in [-0.3, -0.25) is 0 Å². The molecule has 1 aliphatic heterocycles. The molecule has 4 rings (SSSR count). The van der Waals surface area contributed by atoms with Crippen LogP contribution in [0.3, 0.4) is 0 Å². The second-order valence-electron chi connectivity index (χ2n) is 7.61. The Morgan fingerprint density at radius 3 is 2.61 bits per heavy atom. The van der Waals surface area contributed by atoms with E-state index in [2.05, 4.69) is 10.5 Å². The first-order valence-corrected chi connectivity index (χ1v) is 10.8. The number of hydrogen-bond acceptors (Lipinski definition) is 4. The molecule has 0 saturated carbocycles. The highest BCUT2D eigenvalue weighted by Crippen LogP contribution is 2.25. The van der Waals surface area contributed by atoms with E-state index >= 15 is 0 Å². The third-order valence-corrected chi connectivity index (χ3v) is 5.51. The first-order valence-electron chi connectivity index (χ1n) is 10.4. The van der Waals surface area contributed by atoms with Crippen LogP contribution in [-0.4, -0.2) is 36.4 Å². The Kier molecular flexibility index (Phi) is 7.10. The summed E-state index contributed by atoms with van der Waals surface area (Å²) in [5.74, 6) is 0.224. The number of amides is 2. The van der Waals surface area contributed by atoms with Crippen LogP contribution in [0.2, 0.25) is 5.02 Å². The number of anilines is 1. The molecule has 33 heavy (non-hydrogen) atoms. The number of hydrogen-bond donors (Lipinski definition) is 1. The zero-order valence-electron chi connectivity index (χ0n) is 18.0. The maximum atomic E-state index is 13.4. The summed E-state index contributed by atoms with van der Waals surface area (Å²) in [5.41, 5.74) is 3.07. The molecule has 1 aliphatic rings. The molecule has 3 aromatic carbocycles. The van der Waals surface area contributed by atoms with E-state index < -0.39 is 0 Å². The van der Waals surface area contributed by atoms with Crippen molar-refractivity contribution in [3.05, 3.63) is 94.8 Å². The fraction of sp³-hybridized carbons (Fsp3) is 0.200. The highest BCUT2D eigenvalue weighted by Gasteiger charge is 2.27. The number of oxime groups is 1. The van der Waals surface area contributed by atoms with Crippen molar-refractivity contribution in [1.82, 2.24) is 4.90 Å². The third kappa shape index (κ3) is 5.81. The maximum absolute atomic E-state index is 13.4. The molecule has 0 bridgehead atoms. The van der Waals surface area contributed by atoms with Crippen LogP contribution >= 0.6 is 11.6 Å². The van der Waals surface area contributed by atoms with Crippen LogP contribution in [0.1, 0.15) is 17.5 Å². The average Bonchev–Trinajstić information content (AvgIpc) is 3.29. The predicted octanol–water partition coefficient (Wildman–Crippen LogP) is 5.72. The minimum absolute atomic E-state index is 0.275. The number of nitrogens with one attached hydrogen (secondary N) is 1. The number of benzene rings is 3. The van der Waals surface area contributed by atoms with Crippen molar-refractivity contribution >= 4 is 29.0 Å². The molecule has 3 aromatic rings. The Bertz CT molecular complexity index is 1140. The highest BCUT2D eigenvalue weighted by molar-refractivity contribution is 6.30. The monoisotopic (exact) mass is 467 g/mol. The molecule has 8 heteroatoms. The van der Waals surface area contributed by atoms with E-state index in [0.29, 0.717) is 29.4 Å². The van der Waals surface area contributed by atoms with E-state index in [0.717, 1.165) is 16.8 Å². The van der Waals surface area contributed by atoms with Gasteiger partial charge in [0, 0.05) is 18.0 Å². The van der Waals surface area contributed by atoms with Gasteiger partial charge in [0.2, 0.25) is 0 Å². The van der Waals surface area contributed by atoms with E-state index in [1.807, 2.05) is 24.3 Å². The summed E-state index contributed by atoms with van der Waals surface area (Å²) >= 11 is 5.97. The van der Waals surface area contributed by atoms with Crippen LogP contribution in [-0.2, 0) is 11.4 Å². The topological polar surface area (TPSA) is 63.2 Å². The van der Waals surface area contributed by atoms with Gasteiger partial charge in [-0.15, -0.1) is 0 Å². The number of urea groups is 1. The van der Waals surface area contributed by atoms with Gasteiger partial charge >= 0.3 is 6.03 Å². The summed E-state index contributed by atoms with van der Waals surface area (Å²) in [5, 5.41) is 7.75. The van der Waals surface area contributed by atoms with Crippen LogP contribution in [0.5, 0.6) is 5.75 Å².